The van der Waals surface area contributed by atoms with Crippen molar-refractivity contribution in [2.45, 2.75) is 12.8 Å². The molecule has 1 aliphatic rings. The molecule has 0 saturated carbocycles. The van der Waals surface area contributed by atoms with Crippen LogP contribution in [0.25, 0.3) is 28.7 Å². The Labute approximate surface area is 205 Å². The van der Waals surface area contributed by atoms with E-state index >= 15 is 0 Å². The summed E-state index contributed by atoms with van der Waals surface area (Å²) in [7, 11) is 0. The normalized spacial score (nSPS) is 15.3. The van der Waals surface area contributed by atoms with E-state index in [0.29, 0.717) is 29.5 Å². The average molecular weight is 485 g/mol. The van der Waals surface area contributed by atoms with E-state index in [2.05, 4.69) is 25.6 Å². The second kappa shape index (κ2) is 9.43. The second-order valence-electron chi connectivity index (χ2n) is 8.07. The highest BCUT2D eigenvalue weighted by molar-refractivity contribution is 7.80. The van der Waals surface area contributed by atoms with Crippen molar-refractivity contribution < 1.29 is 14.7 Å². The number of rotatable bonds is 6. The molecule has 0 atom stereocenters. The number of hydrogen-bond donors (Lipinski definition) is 3. The summed E-state index contributed by atoms with van der Waals surface area (Å²) in [6, 6.07) is 18.1. The number of aromatic hydroxyl groups is 1. The number of aromatic nitrogens is 5. The smallest absolute Gasteiger partial charge is 0.262 e. The first kappa shape index (κ1) is 22.4. The Balaban J connectivity index is 1.32. The number of benzene rings is 2. The van der Waals surface area contributed by atoms with Crippen molar-refractivity contribution in [3.05, 3.63) is 77.5 Å². The molecule has 2 aromatic heterocycles. The van der Waals surface area contributed by atoms with Crippen molar-refractivity contribution in [3.8, 4) is 28.4 Å². The van der Waals surface area contributed by atoms with E-state index < -0.39 is 5.91 Å². The highest BCUT2D eigenvalue weighted by atomic mass is 32.1. The number of nitrogens with one attached hydrogen (secondary N) is 2. The van der Waals surface area contributed by atoms with Gasteiger partial charge in [0.25, 0.3) is 5.91 Å². The number of hydrogen-bond acceptors (Lipinski definition) is 7. The molecule has 1 aliphatic heterocycles. The lowest BCUT2D eigenvalue weighted by Gasteiger charge is -2.28. The minimum atomic E-state index is -0.398. The summed E-state index contributed by atoms with van der Waals surface area (Å²) in [6.45, 7) is 0.357. The topological polar surface area (TPSA) is 128 Å². The van der Waals surface area contributed by atoms with Crippen molar-refractivity contribution in [1.82, 2.24) is 30.5 Å². The number of Topliss-reactive ketones (excluding diaryl/α,β-unsaturated/α-hetero) is 1. The van der Waals surface area contributed by atoms with Crippen LogP contribution in [0.2, 0.25) is 0 Å². The van der Waals surface area contributed by atoms with Gasteiger partial charge in [0.1, 0.15) is 5.75 Å². The van der Waals surface area contributed by atoms with Gasteiger partial charge in [-0.1, -0.05) is 48.6 Å². The molecule has 35 heavy (non-hydrogen) atoms. The van der Waals surface area contributed by atoms with E-state index in [1.165, 1.54) is 4.90 Å². The van der Waals surface area contributed by atoms with Crippen molar-refractivity contribution in [2.24, 2.45) is 0 Å². The molecule has 0 bridgehead atoms. The van der Waals surface area contributed by atoms with Gasteiger partial charge in [-0.25, -0.2) is 0 Å². The maximum absolute atomic E-state index is 13.1. The third-order valence-electron chi connectivity index (χ3n) is 5.76. The third-order valence-corrected chi connectivity index (χ3v) is 6.12. The molecule has 5 rings (SSSR count). The van der Waals surface area contributed by atoms with Crippen LogP contribution >= 0.6 is 12.2 Å². The highest BCUT2D eigenvalue weighted by Gasteiger charge is 2.33. The van der Waals surface area contributed by atoms with Gasteiger partial charge in [0.05, 0.1) is 17.0 Å². The van der Waals surface area contributed by atoms with Gasteiger partial charge in [0.15, 0.2) is 5.78 Å². The van der Waals surface area contributed by atoms with Crippen LogP contribution in [-0.4, -0.2) is 58.8 Å². The minimum Gasteiger partial charge on any atom is -0.508 e. The van der Waals surface area contributed by atoms with Gasteiger partial charge in [-0.15, -0.1) is 10.2 Å². The maximum atomic E-state index is 13.1. The molecule has 9 nitrogen and oxygen atoms in total. The fraction of sp³-hybridized carbons (Fsp3) is 0.120. The number of phenolic OH excluding ortho intramolecular Hbond substituents is 1. The predicted molar refractivity (Wildman–Crippen MR) is 133 cm³/mol. The fourth-order valence-electron chi connectivity index (χ4n) is 3.88. The number of carbonyl (C=O) groups is 2. The van der Waals surface area contributed by atoms with E-state index in [9.17, 15) is 14.7 Å². The standard InChI is InChI=1S/C25H20N6O3S/c32-19-8-1-15(2-9-19)11-12-31-23(35)14-22(33)20(25(31)34)13-18-7-10-21(26-18)16-3-5-17(6-4-16)24-27-29-30-28-24/h1-10,13,26,32H,11-12,14H2,(H,27,28,29,30)/b20-13+. The molecule has 4 aromatic rings. The van der Waals surface area contributed by atoms with E-state index in [1.54, 1.807) is 30.3 Å². The minimum absolute atomic E-state index is 0.0214. The van der Waals surface area contributed by atoms with Gasteiger partial charge in [0.2, 0.25) is 5.82 Å². The van der Waals surface area contributed by atoms with Crippen LogP contribution in [-0.2, 0) is 16.0 Å². The first-order valence-corrected chi connectivity index (χ1v) is 11.3. The summed E-state index contributed by atoms with van der Waals surface area (Å²) < 4.78 is 0. The van der Waals surface area contributed by atoms with Crippen LogP contribution in [0.1, 0.15) is 17.7 Å². The molecule has 1 fully saturated rings. The first-order chi connectivity index (χ1) is 17.0. The molecular formula is C25H20N6O3S. The SMILES string of the molecule is O=C1CC(=S)N(CCc2ccc(O)cc2)C(=O)/C1=C/c1ccc(-c2ccc(-c3nn[nH]n3)cc2)[nH]1. The third kappa shape index (κ3) is 4.78. The van der Waals surface area contributed by atoms with Gasteiger partial charge in [0, 0.05) is 23.5 Å². The molecule has 0 aliphatic carbocycles. The summed E-state index contributed by atoms with van der Waals surface area (Å²) in [4.78, 5) is 30.8. The maximum Gasteiger partial charge on any atom is 0.262 e. The number of carbonyl (C=O) groups excluding carboxylic acids is 2. The number of nitrogens with zero attached hydrogens (tertiary/aromatic N) is 4. The molecule has 0 radical (unpaired) electrons. The fourth-order valence-corrected chi connectivity index (χ4v) is 4.19. The number of aromatic amines is 2. The van der Waals surface area contributed by atoms with Crippen LogP contribution in [0, 0.1) is 0 Å². The van der Waals surface area contributed by atoms with E-state index in [1.807, 2.05) is 36.4 Å². The summed E-state index contributed by atoms with van der Waals surface area (Å²) in [5.41, 5.74) is 4.31. The monoisotopic (exact) mass is 484 g/mol. The zero-order valence-corrected chi connectivity index (χ0v) is 19.2. The molecule has 10 heteroatoms. The highest BCUT2D eigenvalue weighted by Crippen LogP contribution is 2.25. The Morgan fingerprint density at radius 3 is 2.46 bits per heavy atom. The summed E-state index contributed by atoms with van der Waals surface area (Å²) in [5, 5.41) is 23.4. The lowest BCUT2D eigenvalue weighted by atomic mass is 10.00. The quantitative estimate of drug-likeness (QED) is 0.218. The van der Waals surface area contributed by atoms with Gasteiger partial charge in [-0.3, -0.25) is 9.59 Å². The molecule has 1 saturated heterocycles. The zero-order chi connectivity index (χ0) is 24.4. The van der Waals surface area contributed by atoms with Crippen molar-refractivity contribution in [2.75, 3.05) is 6.54 Å². The zero-order valence-electron chi connectivity index (χ0n) is 18.4. The van der Waals surface area contributed by atoms with Gasteiger partial charge >= 0.3 is 0 Å². The van der Waals surface area contributed by atoms with Crippen LogP contribution in [0.5, 0.6) is 5.75 Å². The Hall–Kier alpha value is -4.44. The van der Waals surface area contributed by atoms with Crippen molar-refractivity contribution in [3.63, 3.8) is 0 Å². The number of amides is 1. The molecule has 1 amide bonds. The first-order valence-electron chi connectivity index (χ1n) is 10.9. The Morgan fingerprint density at radius 2 is 1.74 bits per heavy atom. The van der Waals surface area contributed by atoms with Gasteiger partial charge in [-0.2, -0.15) is 5.21 Å². The van der Waals surface area contributed by atoms with Crippen LogP contribution in [0.3, 0.4) is 0 Å². The van der Waals surface area contributed by atoms with E-state index in [4.69, 9.17) is 12.2 Å². The molecule has 3 heterocycles. The summed E-state index contributed by atoms with van der Waals surface area (Å²) in [6.07, 6.45) is 2.16. The summed E-state index contributed by atoms with van der Waals surface area (Å²) in [5.74, 6) is 0.00479. The predicted octanol–water partition coefficient (Wildman–Crippen LogP) is 3.32. The number of thiocarbonyl (C=S) groups is 1. The van der Waals surface area contributed by atoms with E-state index in [-0.39, 0.29) is 23.5 Å². The number of likely N-dealkylation sites (tertiary alicyclic amines) is 1. The van der Waals surface area contributed by atoms with Crippen LogP contribution in [0.15, 0.2) is 66.2 Å². The van der Waals surface area contributed by atoms with Crippen LogP contribution in [0.4, 0.5) is 0 Å². The van der Waals surface area contributed by atoms with Crippen LogP contribution < -0.4 is 0 Å². The largest absolute Gasteiger partial charge is 0.508 e. The van der Waals surface area contributed by atoms with Gasteiger partial charge in [-0.05, 0) is 53.1 Å². The van der Waals surface area contributed by atoms with E-state index in [0.717, 1.165) is 22.4 Å². The molecule has 2 aromatic carbocycles. The summed E-state index contributed by atoms with van der Waals surface area (Å²) >= 11 is 5.34. The second-order valence-corrected chi connectivity index (χ2v) is 8.54. The molecule has 0 spiro atoms. The van der Waals surface area contributed by atoms with Crippen molar-refractivity contribution in [1.29, 1.82) is 0 Å². The lowest BCUT2D eigenvalue weighted by Crippen LogP contribution is -2.45. The lowest BCUT2D eigenvalue weighted by molar-refractivity contribution is -0.127. The molecule has 3 N–H and O–H groups in total. The molecule has 174 valence electrons. The number of piperidine rings is 1. The average Bonchev–Trinajstić information content (AvgIpc) is 3.56. The Morgan fingerprint density at radius 1 is 1.00 bits per heavy atom. The number of ketones is 1. The Kier molecular flexibility index (Phi) is 6.02. The van der Waals surface area contributed by atoms with Gasteiger partial charge < -0.3 is 15.0 Å². The number of H-pyrrole nitrogens is 2. The number of tetrazole rings is 1. The molecule has 0 unspecified atom stereocenters. The van der Waals surface area contributed by atoms with Crippen molar-refractivity contribution >= 4 is 35.0 Å². The Bertz CT molecular complexity index is 1420. The molecular weight excluding hydrogens is 464 g/mol. The number of phenols is 1.